The van der Waals surface area contributed by atoms with Gasteiger partial charge in [0.2, 0.25) is 5.91 Å². The first-order chi connectivity index (χ1) is 9.49. The van der Waals surface area contributed by atoms with Crippen LogP contribution >= 0.6 is 11.6 Å². The van der Waals surface area contributed by atoms with Gasteiger partial charge in [-0.3, -0.25) is 4.79 Å². The first kappa shape index (κ1) is 15.3. The van der Waals surface area contributed by atoms with Gasteiger partial charge in [0, 0.05) is 29.7 Å². The molecule has 1 heterocycles. The summed E-state index contributed by atoms with van der Waals surface area (Å²) in [4.78, 5) is 14.1. The number of likely N-dealkylation sites (tertiary alicyclic amines) is 1. The van der Waals surface area contributed by atoms with Crippen LogP contribution in [-0.2, 0) is 11.2 Å². The predicted molar refractivity (Wildman–Crippen MR) is 78.1 cm³/mol. The van der Waals surface area contributed by atoms with Crippen molar-refractivity contribution in [2.45, 2.75) is 32.2 Å². The molecule has 110 valence electrons. The van der Waals surface area contributed by atoms with Crippen molar-refractivity contribution in [3.8, 4) is 0 Å². The molecule has 0 spiro atoms. The Bertz CT molecular complexity index is 473. The van der Waals surface area contributed by atoms with Crippen molar-refractivity contribution in [3.63, 3.8) is 0 Å². The van der Waals surface area contributed by atoms with Gasteiger partial charge >= 0.3 is 0 Å². The second-order valence-electron chi connectivity index (χ2n) is 5.48. The van der Waals surface area contributed by atoms with Crippen molar-refractivity contribution in [3.05, 3.63) is 34.6 Å². The highest BCUT2D eigenvalue weighted by atomic mass is 35.5. The Morgan fingerprint density at radius 3 is 3.00 bits per heavy atom. The van der Waals surface area contributed by atoms with Crippen molar-refractivity contribution in [1.82, 2.24) is 4.90 Å². The van der Waals surface area contributed by atoms with E-state index in [4.69, 9.17) is 17.3 Å². The standard InChI is InChI=1S/C15H20ClFN2O/c1-10(18)11-4-3-7-19(9-11)15(20)8-12-13(16)5-2-6-14(12)17/h2,5-6,10-11H,3-4,7-9,18H2,1H3/t10-,11+/m1/s1. The molecule has 0 aliphatic carbocycles. The van der Waals surface area contributed by atoms with Crippen LogP contribution < -0.4 is 5.73 Å². The first-order valence-corrected chi connectivity index (χ1v) is 7.33. The number of benzene rings is 1. The SMILES string of the molecule is C[C@@H](N)[C@H]1CCCN(C(=O)Cc2c(F)cccc2Cl)C1. The number of halogens is 2. The zero-order valence-corrected chi connectivity index (χ0v) is 12.4. The Morgan fingerprint density at radius 2 is 2.35 bits per heavy atom. The second kappa shape index (κ2) is 6.55. The molecule has 5 heteroatoms. The number of rotatable bonds is 3. The number of carbonyl (C=O) groups excluding carboxylic acids is 1. The number of amides is 1. The molecule has 1 saturated heterocycles. The molecule has 2 N–H and O–H groups in total. The third kappa shape index (κ3) is 3.49. The lowest BCUT2D eigenvalue weighted by molar-refractivity contribution is -0.132. The van der Waals surface area contributed by atoms with Crippen molar-refractivity contribution >= 4 is 17.5 Å². The Morgan fingerprint density at radius 1 is 1.60 bits per heavy atom. The summed E-state index contributed by atoms with van der Waals surface area (Å²) in [6, 6.07) is 4.55. The molecule has 1 fully saturated rings. The third-order valence-electron chi connectivity index (χ3n) is 3.94. The third-order valence-corrected chi connectivity index (χ3v) is 4.30. The molecule has 0 unspecified atom stereocenters. The van der Waals surface area contributed by atoms with Crippen LogP contribution in [0.3, 0.4) is 0 Å². The van der Waals surface area contributed by atoms with E-state index in [1.54, 1.807) is 17.0 Å². The minimum Gasteiger partial charge on any atom is -0.342 e. The van der Waals surface area contributed by atoms with Crippen LogP contribution in [0.5, 0.6) is 0 Å². The molecule has 0 radical (unpaired) electrons. The normalized spacial score (nSPS) is 20.8. The number of nitrogens with zero attached hydrogens (tertiary/aromatic N) is 1. The van der Waals surface area contributed by atoms with Crippen molar-refractivity contribution in [2.24, 2.45) is 11.7 Å². The van der Waals surface area contributed by atoms with E-state index in [0.29, 0.717) is 24.0 Å². The van der Waals surface area contributed by atoms with E-state index in [1.165, 1.54) is 6.07 Å². The maximum Gasteiger partial charge on any atom is 0.227 e. The number of nitrogens with two attached hydrogens (primary N) is 1. The molecule has 0 aromatic heterocycles. The Hall–Kier alpha value is -1.13. The van der Waals surface area contributed by atoms with Crippen molar-refractivity contribution in [1.29, 1.82) is 0 Å². The molecular weight excluding hydrogens is 279 g/mol. The Labute approximate surface area is 123 Å². The van der Waals surface area contributed by atoms with Crippen LogP contribution in [0.4, 0.5) is 4.39 Å². The fraction of sp³-hybridized carbons (Fsp3) is 0.533. The highest BCUT2D eigenvalue weighted by molar-refractivity contribution is 6.31. The number of hydrogen-bond acceptors (Lipinski definition) is 2. The summed E-state index contributed by atoms with van der Waals surface area (Å²) in [7, 11) is 0. The monoisotopic (exact) mass is 298 g/mol. The van der Waals surface area contributed by atoms with E-state index in [9.17, 15) is 9.18 Å². The topological polar surface area (TPSA) is 46.3 Å². The lowest BCUT2D eigenvalue weighted by Crippen LogP contribution is -2.45. The molecule has 1 aromatic rings. The second-order valence-corrected chi connectivity index (χ2v) is 5.89. The minimum atomic E-state index is -0.424. The molecule has 2 rings (SSSR count). The number of hydrogen-bond donors (Lipinski definition) is 1. The molecule has 0 saturated carbocycles. The molecular formula is C15H20ClFN2O. The molecule has 1 aromatic carbocycles. The van der Waals surface area contributed by atoms with Gasteiger partial charge in [-0.25, -0.2) is 4.39 Å². The maximum atomic E-state index is 13.7. The molecule has 3 nitrogen and oxygen atoms in total. The van der Waals surface area contributed by atoms with Gasteiger partial charge < -0.3 is 10.6 Å². The van der Waals surface area contributed by atoms with Gasteiger partial charge in [0.15, 0.2) is 0 Å². The Kier molecular flexibility index (Phi) is 5.00. The molecule has 1 aliphatic heterocycles. The van der Waals surface area contributed by atoms with Crippen LogP contribution in [0.2, 0.25) is 5.02 Å². The van der Waals surface area contributed by atoms with Gasteiger partial charge in [0.05, 0.1) is 6.42 Å². The van der Waals surface area contributed by atoms with E-state index in [-0.39, 0.29) is 23.9 Å². The van der Waals surface area contributed by atoms with Crippen LogP contribution in [0.25, 0.3) is 0 Å². The molecule has 2 atom stereocenters. The summed E-state index contributed by atoms with van der Waals surface area (Å²) in [6.07, 6.45) is 2.00. The lowest BCUT2D eigenvalue weighted by atomic mass is 9.92. The fourth-order valence-corrected chi connectivity index (χ4v) is 2.86. The van der Waals surface area contributed by atoms with Crippen LogP contribution in [-0.4, -0.2) is 29.9 Å². The van der Waals surface area contributed by atoms with Gasteiger partial charge in [-0.05, 0) is 37.8 Å². The van der Waals surface area contributed by atoms with Crippen LogP contribution in [0.15, 0.2) is 18.2 Å². The summed E-state index contributed by atoms with van der Waals surface area (Å²) in [5.74, 6) is -0.183. The van der Waals surface area contributed by atoms with Gasteiger partial charge in [0.25, 0.3) is 0 Å². The fourth-order valence-electron chi connectivity index (χ4n) is 2.63. The van der Waals surface area contributed by atoms with Crippen molar-refractivity contribution < 1.29 is 9.18 Å². The van der Waals surface area contributed by atoms with Gasteiger partial charge in [-0.15, -0.1) is 0 Å². The summed E-state index contributed by atoms with van der Waals surface area (Å²) >= 11 is 5.96. The maximum absolute atomic E-state index is 13.7. The highest BCUT2D eigenvalue weighted by Gasteiger charge is 2.26. The molecule has 1 aliphatic rings. The van der Waals surface area contributed by atoms with Crippen LogP contribution in [0, 0.1) is 11.7 Å². The summed E-state index contributed by atoms with van der Waals surface area (Å²) in [5.41, 5.74) is 6.19. The van der Waals surface area contributed by atoms with E-state index in [2.05, 4.69) is 0 Å². The smallest absolute Gasteiger partial charge is 0.227 e. The first-order valence-electron chi connectivity index (χ1n) is 6.95. The lowest BCUT2D eigenvalue weighted by Gasteiger charge is -2.34. The summed E-state index contributed by atoms with van der Waals surface area (Å²) in [5, 5.41) is 0.305. The molecule has 0 bridgehead atoms. The molecule has 1 amide bonds. The van der Waals surface area contributed by atoms with E-state index in [1.807, 2.05) is 6.92 Å². The summed E-state index contributed by atoms with van der Waals surface area (Å²) < 4.78 is 13.7. The zero-order valence-electron chi connectivity index (χ0n) is 11.6. The van der Waals surface area contributed by atoms with Gasteiger partial charge in [0.1, 0.15) is 5.82 Å². The van der Waals surface area contributed by atoms with Gasteiger partial charge in [-0.1, -0.05) is 17.7 Å². The predicted octanol–water partition coefficient (Wildman–Crippen LogP) is 2.61. The van der Waals surface area contributed by atoms with E-state index < -0.39 is 5.82 Å². The highest BCUT2D eigenvalue weighted by Crippen LogP contribution is 2.23. The quantitative estimate of drug-likeness (QED) is 0.932. The largest absolute Gasteiger partial charge is 0.342 e. The minimum absolute atomic E-state index is 0.0111. The van der Waals surface area contributed by atoms with E-state index >= 15 is 0 Å². The Balaban J connectivity index is 2.05. The van der Waals surface area contributed by atoms with Crippen molar-refractivity contribution in [2.75, 3.05) is 13.1 Å². The van der Waals surface area contributed by atoms with E-state index in [0.717, 1.165) is 12.8 Å². The number of piperidine rings is 1. The summed E-state index contributed by atoms with van der Waals surface area (Å²) in [6.45, 7) is 3.34. The molecule has 20 heavy (non-hydrogen) atoms. The zero-order chi connectivity index (χ0) is 14.7. The van der Waals surface area contributed by atoms with Crippen LogP contribution in [0.1, 0.15) is 25.3 Å². The van der Waals surface area contributed by atoms with Gasteiger partial charge in [-0.2, -0.15) is 0 Å². The average Bonchev–Trinajstić information content (AvgIpc) is 2.43. The number of carbonyl (C=O) groups is 1. The average molecular weight is 299 g/mol.